The Labute approximate surface area is 197 Å². The molecule has 0 radical (unpaired) electrons. The monoisotopic (exact) mass is 451 g/mol. The molecule has 0 bridgehead atoms. The van der Waals surface area contributed by atoms with Crippen molar-refractivity contribution in [3.63, 3.8) is 0 Å². The van der Waals surface area contributed by atoms with Crippen LogP contribution in [0.4, 0.5) is 0 Å². The average Bonchev–Trinajstić information content (AvgIpc) is 3.46. The lowest BCUT2D eigenvalue weighted by Crippen LogP contribution is -2.31. The van der Waals surface area contributed by atoms with E-state index < -0.39 is 5.54 Å². The van der Waals surface area contributed by atoms with Gasteiger partial charge in [-0.3, -0.25) is 9.67 Å². The molecule has 1 atom stereocenters. The van der Waals surface area contributed by atoms with Gasteiger partial charge in [0, 0.05) is 47.4 Å². The van der Waals surface area contributed by atoms with Gasteiger partial charge in [0.1, 0.15) is 18.1 Å². The number of rotatable bonds is 4. The summed E-state index contributed by atoms with van der Waals surface area (Å²) in [5, 5.41) is 4.53. The van der Waals surface area contributed by atoms with E-state index in [4.69, 9.17) is 20.2 Å². The van der Waals surface area contributed by atoms with Gasteiger partial charge < -0.3 is 15.2 Å². The molecule has 1 spiro atoms. The van der Waals surface area contributed by atoms with E-state index in [9.17, 15) is 0 Å². The van der Waals surface area contributed by atoms with Gasteiger partial charge >= 0.3 is 0 Å². The standard InChI is InChI=1S/C27H25N5O2/c1-17(2)14-32-15-21(13-30-32)19-6-8-25-23(11-19)27(16-33-26(28)31-27)22-10-18(5-7-24(22)34-25)20-4-3-9-29-12-20/h3-13,15,17H,14,16H2,1-2H3,(H2,28,31)/t27-/m0/s1. The zero-order valence-electron chi connectivity index (χ0n) is 19.1. The lowest BCUT2D eigenvalue weighted by Gasteiger charge is -2.34. The van der Waals surface area contributed by atoms with E-state index in [1.807, 2.05) is 47.4 Å². The number of fused-ring (bicyclic) bond motifs is 4. The maximum atomic E-state index is 6.34. The maximum absolute atomic E-state index is 6.34. The summed E-state index contributed by atoms with van der Waals surface area (Å²) in [5.41, 5.74) is 11.3. The minimum Gasteiger partial charge on any atom is -0.462 e. The Bertz CT molecular complexity index is 1410. The molecule has 2 aromatic heterocycles. The fourth-order valence-electron chi connectivity index (χ4n) is 4.73. The van der Waals surface area contributed by atoms with Crippen molar-refractivity contribution < 1.29 is 9.47 Å². The number of benzene rings is 2. The van der Waals surface area contributed by atoms with E-state index in [0.717, 1.165) is 51.4 Å². The Morgan fingerprint density at radius 3 is 2.32 bits per heavy atom. The molecule has 0 saturated heterocycles. The van der Waals surface area contributed by atoms with Crippen LogP contribution in [0.15, 0.2) is 78.3 Å². The number of hydrogen-bond donors (Lipinski definition) is 1. The molecule has 6 rings (SSSR count). The Hall–Kier alpha value is -4.13. The summed E-state index contributed by atoms with van der Waals surface area (Å²) in [7, 11) is 0. The van der Waals surface area contributed by atoms with Crippen LogP contribution in [-0.4, -0.2) is 27.4 Å². The first-order valence-corrected chi connectivity index (χ1v) is 11.4. The Morgan fingerprint density at radius 1 is 0.971 bits per heavy atom. The van der Waals surface area contributed by atoms with Gasteiger partial charge in [0.05, 0.1) is 6.20 Å². The summed E-state index contributed by atoms with van der Waals surface area (Å²) in [6.07, 6.45) is 7.60. The fraction of sp³-hybridized carbons (Fsp3) is 0.222. The van der Waals surface area contributed by atoms with Crippen LogP contribution >= 0.6 is 0 Å². The highest BCUT2D eigenvalue weighted by molar-refractivity contribution is 5.79. The van der Waals surface area contributed by atoms with Crippen molar-refractivity contribution in [3.05, 3.63) is 84.4 Å². The van der Waals surface area contributed by atoms with E-state index in [-0.39, 0.29) is 6.02 Å². The Kier molecular flexibility index (Phi) is 4.65. The van der Waals surface area contributed by atoms with Gasteiger partial charge in [0.15, 0.2) is 5.54 Å². The molecular weight excluding hydrogens is 426 g/mol. The quantitative estimate of drug-likeness (QED) is 0.474. The second kappa shape index (κ2) is 7.73. The number of nitrogens with two attached hydrogens (primary N) is 1. The number of hydrogen-bond acceptors (Lipinski definition) is 6. The minimum atomic E-state index is -0.783. The summed E-state index contributed by atoms with van der Waals surface area (Å²) in [6, 6.07) is 16.4. The van der Waals surface area contributed by atoms with Gasteiger partial charge in [0.25, 0.3) is 6.02 Å². The van der Waals surface area contributed by atoms with E-state index in [1.54, 1.807) is 6.20 Å². The van der Waals surface area contributed by atoms with Crippen molar-refractivity contribution in [1.82, 2.24) is 14.8 Å². The van der Waals surface area contributed by atoms with E-state index in [2.05, 4.69) is 48.3 Å². The van der Waals surface area contributed by atoms with Crippen LogP contribution in [0.2, 0.25) is 0 Å². The first-order valence-electron chi connectivity index (χ1n) is 11.4. The SMILES string of the molecule is CC(C)Cn1cc(-c2ccc3c(c2)[C@]2(COC(N)=N2)c2cc(-c4cccnc4)ccc2O3)cn1. The zero-order valence-corrected chi connectivity index (χ0v) is 19.1. The molecule has 2 N–H and O–H groups in total. The van der Waals surface area contributed by atoms with Crippen molar-refractivity contribution in [1.29, 1.82) is 0 Å². The predicted octanol–water partition coefficient (Wildman–Crippen LogP) is 4.96. The summed E-state index contributed by atoms with van der Waals surface area (Å²) < 4.78 is 14.1. The third kappa shape index (κ3) is 3.32. The first kappa shape index (κ1) is 20.5. The number of amidine groups is 1. The number of nitrogens with zero attached hydrogens (tertiary/aromatic N) is 4. The zero-order chi connectivity index (χ0) is 23.3. The highest BCUT2D eigenvalue weighted by atomic mass is 16.5. The van der Waals surface area contributed by atoms with Crippen molar-refractivity contribution in [3.8, 4) is 33.8 Å². The minimum absolute atomic E-state index is 0.181. The molecule has 7 heteroatoms. The van der Waals surface area contributed by atoms with Crippen molar-refractivity contribution in [2.24, 2.45) is 16.6 Å². The van der Waals surface area contributed by atoms with Gasteiger partial charge in [-0.15, -0.1) is 0 Å². The van der Waals surface area contributed by atoms with E-state index in [1.165, 1.54) is 0 Å². The van der Waals surface area contributed by atoms with Crippen molar-refractivity contribution in [2.75, 3.05) is 6.61 Å². The Balaban J connectivity index is 1.48. The van der Waals surface area contributed by atoms with Crippen molar-refractivity contribution in [2.45, 2.75) is 25.9 Å². The van der Waals surface area contributed by atoms with Crippen LogP contribution in [0.5, 0.6) is 11.5 Å². The molecule has 0 fully saturated rings. The highest BCUT2D eigenvalue weighted by Gasteiger charge is 2.47. The van der Waals surface area contributed by atoms with E-state index in [0.29, 0.717) is 12.5 Å². The number of ether oxygens (including phenoxy) is 2. The van der Waals surface area contributed by atoms with Crippen LogP contribution < -0.4 is 10.5 Å². The summed E-state index contributed by atoms with van der Waals surface area (Å²) in [6.45, 7) is 5.55. The van der Waals surface area contributed by atoms with Gasteiger partial charge in [-0.05, 0) is 47.4 Å². The third-order valence-electron chi connectivity index (χ3n) is 6.31. The van der Waals surface area contributed by atoms with Crippen molar-refractivity contribution >= 4 is 6.02 Å². The molecule has 7 nitrogen and oxygen atoms in total. The van der Waals surface area contributed by atoms with Gasteiger partial charge in [-0.1, -0.05) is 32.0 Å². The molecule has 2 aliphatic rings. The normalized spacial score (nSPS) is 18.3. The molecule has 0 aliphatic carbocycles. The van der Waals surface area contributed by atoms with Crippen LogP contribution in [0, 0.1) is 5.92 Å². The third-order valence-corrected chi connectivity index (χ3v) is 6.31. The van der Waals surface area contributed by atoms with E-state index >= 15 is 0 Å². The highest BCUT2D eigenvalue weighted by Crippen LogP contribution is 2.52. The maximum Gasteiger partial charge on any atom is 0.283 e. The largest absolute Gasteiger partial charge is 0.462 e. The summed E-state index contributed by atoms with van der Waals surface area (Å²) in [5.74, 6) is 2.02. The first-order chi connectivity index (χ1) is 16.5. The molecule has 0 saturated carbocycles. The molecule has 0 unspecified atom stereocenters. The molecule has 2 aromatic carbocycles. The van der Waals surface area contributed by atoms with Gasteiger partial charge in [0.2, 0.25) is 0 Å². The smallest absolute Gasteiger partial charge is 0.283 e. The van der Waals surface area contributed by atoms with Crippen LogP contribution in [0.3, 0.4) is 0 Å². The fourth-order valence-corrected chi connectivity index (χ4v) is 4.73. The molecule has 2 aliphatic heterocycles. The molecule has 4 heterocycles. The Morgan fingerprint density at radius 2 is 1.71 bits per heavy atom. The molecule has 0 amide bonds. The molecule has 170 valence electrons. The molecule has 4 aromatic rings. The number of pyridine rings is 1. The molecular formula is C27H25N5O2. The van der Waals surface area contributed by atoms with Crippen LogP contribution in [0.25, 0.3) is 22.3 Å². The molecule has 34 heavy (non-hydrogen) atoms. The van der Waals surface area contributed by atoms with Gasteiger partial charge in [-0.25, -0.2) is 4.99 Å². The lowest BCUT2D eigenvalue weighted by atomic mass is 9.79. The second-order valence-corrected chi connectivity index (χ2v) is 9.21. The van der Waals surface area contributed by atoms with Crippen LogP contribution in [0.1, 0.15) is 25.0 Å². The summed E-state index contributed by atoms with van der Waals surface area (Å²) >= 11 is 0. The second-order valence-electron chi connectivity index (χ2n) is 9.21. The van der Waals surface area contributed by atoms with Gasteiger partial charge in [-0.2, -0.15) is 5.10 Å². The summed E-state index contributed by atoms with van der Waals surface area (Å²) in [4.78, 5) is 9.10. The van der Waals surface area contributed by atoms with Crippen LogP contribution in [-0.2, 0) is 16.8 Å². The number of aliphatic imine (C=N–C) groups is 1. The lowest BCUT2D eigenvalue weighted by molar-refractivity contribution is 0.264. The topological polar surface area (TPSA) is 87.6 Å². The average molecular weight is 452 g/mol. The number of aromatic nitrogens is 3. The predicted molar refractivity (Wildman–Crippen MR) is 131 cm³/mol.